The molecular weight excluding hydrogens is 298 g/mol. The largest absolute Gasteiger partial charge is 0.495 e. The molecule has 0 aliphatic heterocycles. The molecule has 0 unspecified atom stereocenters. The number of fused-ring (bicyclic) bond motifs is 1. The predicted molar refractivity (Wildman–Crippen MR) is 90.8 cm³/mol. The summed E-state index contributed by atoms with van der Waals surface area (Å²) in [5.74, 6) is 1.30. The molecule has 0 fully saturated rings. The number of nitrogens with zero attached hydrogens (tertiary/aromatic N) is 2. The van der Waals surface area contributed by atoms with Crippen LogP contribution in [0.1, 0.15) is 5.69 Å². The van der Waals surface area contributed by atoms with Crippen LogP contribution in [0.25, 0.3) is 22.0 Å². The summed E-state index contributed by atoms with van der Waals surface area (Å²) in [6, 6.07) is 11.9. The summed E-state index contributed by atoms with van der Waals surface area (Å²) in [6.45, 7) is 1.98. The fourth-order valence-electron chi connectivity index (χ4n) is 2.41. The highest BCUT2D eigenvalue weighted by molar-refractivity contribution is 6.32. The van der Waals surface area contributed by atoms with Crippen LogP contribution in [0.4, 0.5) is 5.95 Å². The number of anilines is 1. The fraction of sp³-hybridized carbons (Fsp3) is 0.176. The molecule has 5 heteroatoms. The molecule has 1 N–H and O–H groups in total. The second kappa shape index (κ2) is 5.81. The number of hydrogen-bond donors (Lipinski definition) is 1. The van der Waals surface area contributed by atoms with Gasteiger partial charge in [-0.1, -0.05) is 23.7 Å². The van der Waals surface area contributed by atoms with Gasteiger partial charge in [-0.25, -0.2) is 9.97 Å². The quantitative estimate of drug-likeness (QED) is 0.782. The van der Waals surface area contributed by atoms with Gasteiger partial charge in [0, 0.05) is 12.4 Å². The number of hydrogen-bond acceptors (Lipinski definition) is 4. The number of methoxy groups -OCH3 is 1. The van der Waals surface area contributed by atoms with Crippen molar-refractivity contribution in [2.75, 3.05) is 19.5 Å². The molecule has 22 heavy (non-hydrogen) atoms. The lowest BCUT2D eigenvalue weighted by molar-refractivity contribution is 0.415. The average Bonchev–Trinajstić information content (AvgIpc) is 2.55. The van der Waals surface area contributed by atoms with Gasteiger partial charge in [0.15, 0.2) is 0 Å². The molecule has 0 amide bonds. The lowest BCUT2D eigenvalue weighted by Crippen LogP contribution is -1.98. The standard InChI is InChI=1S/C17H16ClN3O/c1-10-13-8-11(5-7-15(13)21-17(19-2)20-10)12-4-6-14(18)16(9-12)22-3/h4-9H,1-3H3,(H,19,20,21). The van der Waals surface area contributed by atoms with E-state index in [1.165, 1.54) is 0 Å². The highest BCUT2D eigenvalue weighted by Crippen LogP contribution is 2.32. The zero-order valence-electron chi connectivity index (χ0n) is 12.6. The van der Waals surface area contributed by atoms with E-state index in [-0.39, 0.29) is 0 Å². The Morgan fingerprint density at radius 2 is 1.77 bits per heavy atom. The monoisotopic (exact) mass is 313 g/mol. The second-order valence-electron chi connectivity index (χ2n) is 4.96. The normalized spacial score (nSPS) is 10.7. The number of aromatic nitrogens is 2. The Bertz CT molecular complexity index is 849. The van der Waals surface area contributed by atoms with E-state index >= 15 is 0 Å². The highest BCUT2D eigenvalue weighted by atomic mass is 35.5. The summed E-state index contributed by atoms with van der Waals surface area (Å²) in [6.07, 6.45) is 0. The number of halogens is 1. The molecule has 112 valence electrons. The number of rotatable bonds is 3. The van der Waals surface area contributed by atoms with Gasteiger partial charge in [-0.2, -0.15) is 0 Å². The van der Waals surface area contributed by atoms with Crippen LogP contribution >= 0.6 is 11.6 Å². The van der Waals surface area contributed by atoms with E-state index in [2.05, 4.69) is 21.4 Å². The van der Waals surface area contributed by atoms with E-state index in [0.717, 1.165) is 27.7 Å². The van der Waals surface area contributed by atoms with Gasteiger partial charge in [0.1, 0.15) is 5.75 Å². The van der Waals surface area contributed by atoms with Crippen molar-refractivity contribution in [3.63, 3.8) is 0 Å². The molecule has 0 aliphatic rings. The molecule has 0 saturated carbocycles. The molecule has 2 aromatic carbocycles. The first-order chi connectivity index (χ1) is 10.6. The summed E-state index contributed by atoms with van der Waals surface area (Å²) in [4.78, 5) is 8.90. The maximum atomic E-state index is 6.09. The molecule has 3 aromatic rings. The Hall–Kier alpha value is -2.33. The first-order valence-electron chi connectivity index (χ1n) is 6.92. The highest BCUT2D eigenvalue weighted by Gasteiger charge is 2.08. The zero-order chi connectivity index (χ0) is 15.7. The van der Waals surface area contributed by atoms with Crippen LogP contribution in [0.3, 0.4) is 0 Å². The van der Waals surface area contributed by atoms with E-state index < -0.39 is 0 Å². The lowest BCUT2D eigenvalue weighted by Gasteiger charge is -2.09. The van der Waals surface area contributed by atoms with Gasteiger partial charge in [-0.15, -0.1) is 0 Å². The molecule has 0 bridgehead atoms. The van der Waals surface area contributed by atoms with E-state index in [9.17, 15) is 0 Å². The Labute approximate surface area is 134 Å². The van der Waals surface area contributed by atoms with Crippen molar-refractivity contribution in [1.82, 2.24) is 9.97 Å². The molecule has 1 aromatic heterocycles. The van der Waals surface area contributed by atoms with Gasteiger partial charge in [0.25, 0.3) is 0 Å². The Morgan fingerprint density at radius 1 is 1.05 bits per heavy atom. The molecule has 4 nitrogen and oxygen atoms in total. The van der Waals surface area contributed by atoms with Gasteiger partial charge in [0.05, 0.1) is 23.3 Å². The van der Waals surface area contributed by atoms with Gasteiger partial charge < -0.3 is 10.1 Å². The Kier molecular flexibility index (Phi) is 3.86. The minimum Gasteiger partial charge on any atom is -0.495 e. The number of ether oxygens (including phenoxy) is 1. The van der Waals surface area contributed by atoms with Gasteiger partial charge in [-0.05, 0) is 42.3 Å². The number of aryl methyl sites for hydroxylation is 1. The lowest BCUT2D eigenvalue weighted by atomic mass is 10.0. The van der Waals surface area contributed by atoms with Crippen LogP contribution in [0.2, 0.25) is 5.02 Å². The van der Waals surface area contributed by atoms with Crippen LogP contribution < -0.4 is 10.1 Å². The number of benzene rings is 2. The second-order valence-corrected chi connectivity index (χ2v) is 5.37. The Balaban J connectivity index is 2.14. The Morgan fingerprint density at radius 3 is 2.50 bits per heavy atom. The first-order valence-corrected chi connectivity index (χ1v) is 7.30. The summed E-state index contributed by atoms with van der Waals surface area (Å²) < 4.78 is 5.28. The van der Waals surface area contributed by atoms with E-state index in [4.69, 9.17) is 16.3 Å². The van der Waals surface area contributed by atoms with Crippen LogP contribution in [0.15, 0.2) is 36.4 Å². The van der Waals surface area contributed by atoms with Crippen LogP contribution in [0.5, 0.6) is 5.75 Å². The molecule has 3 rings (SSSR count). The first kappa shape index (κ1) is 14.6. The molecule has 0 spiro atoms. The van der Waals surface area contributed by atoms with Gasteiger partial charge in [0.2, 0.25) is 5.95 Å². The maximum Gasteiger partial charge on any atom is 0.223 e. The molecule has 1 heterocycles. The van der Waals surface area contributed by atoms with Crippen molar-refractivity contribution in [2.24, 2.45) is 0 Å². The molecule has 0 atom stereocenters. The van der Waals surface area contributed by atoms with E-state index in [1.807, 2.05) is 44.3 Å². The summed E-state index contributed by atoms with van der Waals surface area (Å²) in [7, 11) is 3.43. The van der Waals surface area contributed by atoms with Gasteiger partial charge in [-0.3, -0.25) is 0 Å². The minimum atomic E-state index is 0.602. The summed E-state index contributed by atoms with van der Waals surface area (Å²) in [5.41, 5.74) is 3.98. The molecule has 0 radical (unpaired) electrons. The van der Waals surface area contributed by atoms with Crippen molar-refractivity contribution in [3.8, 4) is 16.9 Å². The van der Waals surface area contributed by atoms with Crippen LogP contribution in [-0.4, -0.2) is 24.1 Å². The maximum absolute atomic E-state index is 6.09. The topological polar surface area (TPSA) is 47.0 Å². The molecular formula is C17H16ClN3O. The average molecular weight is 314 g/mol. The third kappa shape index (κ3) is 2.57. The van der Waals surface area contributed by atoms with Gasteiger partial charge >= 0.3 is 0 Å². The third-order valence-electron chi connectivity index (χ3n) is 3.59. The summed E-state index contributed by atoms with van der Waals surface area (Å²) in [5, 5.41) is 4.61. The van der Waals surface area contributed by atoms with Crippen molar-refractivity contribution in [1.29, 1.82) is 0 Å². The van der Waals surface area contributed by atoms with Crippen molar-refractivity contribution < 1.29 is 4.74 Å². The fourth-order valence-corrected chi connectivity index (χ4v) is 2.61. The number of nitrogens with one attached hydrogen (secondary N) is 1. The zero-order valence-corrected chi connectivity index (χ0v) is 13.4. The van der Waals surface area contributed by atoms with E-state index in [1.54, 1.807) is 7.11 Å². The van der Waals surface area contributed by atoms with Crippen molar-refractivity contribution in [2.45, 2.75) is 6.92 Å². The minimum absolute atomic E-state index is 0.602. The SMILES string of the molecule is CNc1nc(C)c2cc(-c3ccc(Cl)c(OC)c3)ccc2n1. The van der Waals surface area contributed by atoms with Crippen LogP contribution in [-0.2, 0) is 0 Å². The predicted octanol–water partition coefficient (Wildman–Crippen LogP) is 4.31. The van der Waals surface area contributed by atoms with Crippen molar-refractivity contribution >= 4 is 28.5 Å². The van der Waals surface area contributed by atoms with E-state index in [0.29, 0.717) is 16.7 Å². The third-order valence-corrected chi connectivity index (χ3v) is 3.91. The molecule has 0 saturated heterocycles. The summed E-state index contributed by atoms with van der Waals surface area (Å²) >= 11 is 6.09. The molecule has 0 aliphatic carbocycles. The van der Waals surface area contributed by atoms with Crippen LogP contribution in [0, 0.1) is 6.92 Å². The smallest absolute Gasteiger partial charge is 0.223 e. The van der Waals surface area contributed by atoms with Crippen molar-refractivity contribution in [3.05, 3.63) is 47.1 Å².